The quantitative estimate of drug-likeness (QED) is 0.502. The Hall–Kier alpha value is 0.200. The van der Waals surface area contributed by atoms with Gasteiger partial charge in [0.2, 0.25) is 0 Å². The Balaban J connectivity index is 2.54. The molecule has 0 bridgehead atoms. The summed E-state index contributed by atoms with van der Waals surface area (Å²) in [6.07, 6.45) is 3.77. The summed E-state index contributed by atoms with van der Waals surface area (Å²) in [6, 6.07) is 0. The fourth-order valence-electron chi connectivity index (χ4n) is 1.59. The fraction of sp³-hybridized carbons (Fsp3) is 0.875. The summed E-state index contributed by atoms with van der Waals surface area (Å²) >= 11 is 8.96. The van der Waals surface area contributed by atoms with E-state index in [-0.39, 0.29) is 5.54 Å². The number of thiocarbonyl (C=S) groups is 1. The second kappa shape index (κ2) is 3.94. The van der Waals surface area contributed by atoms with E-state index in [1.165, 1.54) is 19.3 Å². The van der Waals surface area contributed by atoms with Crippen molar-refractivity contribution < 1.29 is 0 Å². The molecule has 0 atom stereocenters. The predicted octanol–water partition coefficient (Wildman–Crippen LogP) is 1.97. The van der Waals surface area contributed by atoms with Crippen LogP contribution < -0.4 is 5.43 Å². The van der Waals surface area contributed by atoms with Crippen molar-refractivity contribution in [1.82, 2.24) is 10.4 Å². The highest BCUT2D eigenvalue weighted by Crippen LogP contribution is 2.25. The van der Waals surface area contributed by atoms with Crippen LogP contribution in [0.25, 0.3) is 0 Å². The van der Waals surface area contributed by atoms with Crippen molar-refractivity contribution in [3.63, 3.8) is 0 Å². The fourth-order valence-corrected chi connectivity index (χ4v) is 1.82. The van der Waals surface area contributed by atoms with Crippen LogP contribution in [0.15, 0.2) is 0 Å². The van der Waals surface area contributed by atoms with E-state index in [2.05, 4.69) is 36.9 Å². The van der Waals surface area contributed by atoms with Crippen LogP contribution in [0.3, 0.4) is 0 Å². The van der Waals surface area contributed by atoms with Crippen molar-refractivity contribution in [3.05, 3.63) is 0 Å². The lowest BCUT2D eigenvalue weighted by molar-refractivity contribution is 0.0516. The highest BCUT2D eigenvalue weighted by atomic mass is 32.1. The van der Waals surface area contributed by atoms with Crippen LogP contribution in [0.1, 0.15) is 33.1 Å². The molecule has 1 heterocycles. The summed E-state index contributed by atoms with van der Waals surface area (Å²) < 4.78 is 0.560. The van der Waals surface area contributed by atoms with Crippen molar-refractivity contribution in [2.45, 2.75) is 38.6 Å². The third-order valence-corrected chi connectivity index (χ3v) is 2.57. The predicted molar refractivity (Wildman–Crippen MR) is 59.4 cm³/mol. The van der Waals surface area contributed by atoms with Gasteiger partial charge in [-0.3, -0.25) is 0 Å². The topological polar surface area (TPSA) is 15.3 Å². The molecule has 0 unspecified atom stereocenters. The molecule has 12 heavy (non-hydrogen) atoms. The number of hydrogen-bond acceptors (Lipinski definition) is 2. The number of rotatable bonds is 1. The van der Waals surface area contributed by atoms with Gasteiger partial charge in [0, 0.05) is 12.1 Å². The van der Waals surface area contributed by atoms with Crippen LogP contribution >= 0.6 is 24.8 Å². The molecule has 1 saturated heterocycles. The Morgan fingerprint density at radius 2 is 2.17 bits per heavy atom. The molecule has 1 rings (SSSR count). The first-order valence-corrected chi connectivity index (χ1v) is 5.15. The zero-order valence-corrected chi connectivity index (χ0v) is 9.34. The maximum Gasteiger partial charge on any atom is 0.145 e. The zero-order valence-electron chi connectivity index (χ0n) is 7.63. The third kappa shape index (κ3) is 2.61. The second-order valence-corrected chi connectivity index (χ2v) is 5.00. The lowest BCUT2D eigenvalue weighted by Crippen LogP contribution is -2.55. The summed E-state index contributed by atoms with van der Waals surface area (Å²) in [4.78, 5) is 0. The summed E-state index contributed by atoms with van der Waals surface area (Å²) in [5, 5.41) is 2.19. The summed E-state index contributed by atoms with van der Waals surface area (Å²) in [5.41, 5.74) is 3.31. The lowest BCUT2D eigenvalue weighted by atomic mass is 9.92. The molecular formula is C8H16N2S2. The number of piperidine rings is 1. The summed E-state index contributed by atoms with van der Waals surface area (Å²) in [7, 11) is 0. The van der Waals surface area contributed by atoms with Gasteiger partial charge in [-0.25, -0.2) is 5.01 Å². The summed E-state index contributed by atoms with van der Waals surface area (Å²) in [6.45, 7) is 5.52. The van der Waals surface area contributed by atoms with E-state index in [1.807, 2.05) is 0 Å². The van der Waals surface area contributed by atoms with E-state index in [0.29, 0.717) is 4.32 Å². The Labute approximate surface area is 85.1 Å². The van der Waals surface area contributed by atoms with E-state index in [0.717, 1.165) is 6.54 Å². The van der Waals surface area contributed by atoms with Crippen molar-refractivity contribution in [2.75, 3.05) is 6.54 Å². The lowest BCUT2D eigenvalue weighted by Gasteiger charge is -2.42. The molecule has 0 spiro atoms. The SMILES string of the molecule is CC1(C)CCCCN1NC(=S)S. The molecule has 0 radical (unpaired) electrons. The molecule has 1 N–H and O–H groups in total. The van der Waals surface area contributed by atoms with E-state index in [1.54, 1.807) is 0 Å². The molecule has 0 aromatic rings. The number of thiol groups is 1. The molecule has 0 saturated carbocycles. The highest BCUT2D eigenvalue weighted by molar-refractivity contribution is 8.11. The Morgan fingerprint density at radius 3 is 2.67 bits per heavy atom. The maximum atomic E-state index is 4.89. The van der Waals surface area contributed by atoms with Crippen molar-refractivity contribution in [1.29, 1.82) is 0 Å². The normalized spacial score (nSPS) is 23.6. The molecule has 0 amide bonds. The number of nitrogens with zero attached hydrogens (tertiary/aromatic N) is 1. The molecule has 1 fully saturated rings. The molecule has 2 nitrogen and oxygen atoms in total. The Bertz CT molecular complexity index is 180. The van der Waals surface area contributed by atoms with Gasteiger partial charge in [-0.1, -0.05) is 18.6 Å². The van der Waals surface area contributed by atoms with Gasteiger partial charge < -0.3 is 5.43 Å². The van der Waals surface area contributed by atoms with Crippen molar-refractivity contribution >= 4 is 29.2 Å². The molecular weight excluding hydrogens is 188 g/mol. The van der Waals surface area contributed by atoms with Crippen molar-refractivity contribution in [2.24, 2.45) is 0 Å². The number of nitrogens with one attached hydrogen (secondary N) is 1. The van der Waals surface area contributed by atoms with Crippen LogP contribution in [0, 0.1) is 0 Å². The first-order valence-electron chi connectivity index (χ1n) is 4.29. The molecule has 4 heteroatoms. The minimum Gasteiger partial charge on any atom is -0.304 e. The largest absolute Gasteiger partial charge is 0.304 e. The standard InChI is InChI=1S/C8H16N2S2/c1-8(2)5-3-4-6-10(8)9-7(11)12/h3-6H2,1-2H3,(H2,9,11,12). The van der Waals surface area contributed by atoms with E-state index < -0.39 is 0 Å². The number of hydrogen-bond donors (Lipinski definition) is 2. The van der Waals surface area contributed by atoms with Gasteiger partial charge in [-0.05, 0) is 26.7 Å². The van der Waals surface area contributed by atoms with Crippen molar-refractivity contribution in [3.8, 4) is 0 Å². The smallest absolute Gasteiger partial charge is 0.145 e. The molecule has 0 aromatic carbocycles. The van der Waals surface area contributed by atoms with Gasteiger partial charge in [-0.2, -0.15) is 0 Å². The first kappa shape index (κ1) is 10.3. The molecule has 1 aliphatic heterocycles. The van der Waals surface area contributed by atoms with E-state index >= 15 is 0 Å². The Morgan fingerprint density at radius 1 is 1.50 bits per heavy atom. The highest BCUT2D eigenvalue weighted by Gasteiger charge is 2.29. The van der Waals surface area contributed by atoms with Gasteiger partial charge in [0.05, 0.1) is 0 Å². The van der Waals surface area contributed by atoms with E-state index in [9.17, 15) is 0 Å². The molecule has 0 aromatic heterocycles. The average molecular weight is 204 g/mol. The van der Waals surface area contributed by atoms with Gasteiger partial charge in [0.1, 0.15) is 4.32 Å². The molecule has 70 valence electrons. The van der Waals surface area contributed by atoms with Crippen LogP contribution in [-0.2, 0) is 0 Å². The van der Waals surface area contributed by atoms with Crippen LogP contribution in [0.2, 0.25) is 0 Å². The monoisotopic (exact) mass is 204 g/mol. The van der Waals surface area contributed by atoms with Gasteiger partial charge in [0.25, 0.3) is 0 Å². The van der Waals surface area contributed by atoms with Crippen LogP contribution in [0.5, 0.6) is 0 Å². The minimum atomic E-state index is 0.213. The second-order valence-electron chi connectivity index (χ2n) is 3.84. The molecule has 0 aliphatic carbocycles. The minimum absolute atomic E-state index is 0.213. The van der Waals surface area contributed by atoms with Gasteiger partial charge in [-0.15, -0.1) is 12.6 Å². The Kier molecular flexibility index (Phi) is 3.37. The molecule has 1 aliphatic rings. The third-order valence-electron chi connectivity index (χ3n) is 2.38. The number of hydrazine groups is 1. The van der Waals surface area contributed by atoms with Gasteiger partial charge >= 0.3 is 0 Å². The van der Waals surface area contributed by atoms with Gasteiger partial charge in [0.15, 0.2) is 0 Å². The summed E-state index contributed by atoms with van der Waals surface area (Å²) in [5.74, 6) is 0. The van der Waals surface area contributed by atoms with Crippen LogP contribution in [0.4, 0.5) is 0 Å². The van der Waals surface area contributed by atoms with Crippen LogP contribution in [-0.4, -0.2) is 21.4 Å². The average Bonchev–Trinajstić information content (AvgIpc) is 1.92. The zero-order chi connectivity index (χ0) is 9.19. The maximum absolute atomic E-state index is 4.89. The van der Waals surface area contributed by atoms with E-state index in [4.69, 9.17) is 12.2 Å². The first-order chi connectivity index (χ1) is 5.52.